The quantitative estimate of drug-likeness (QED) is 0.757. The predicted molar refractivity (Wildman–Crippen MR) is 59.1 cm³/mol. The van der Waals surface area contributed by atoms with Gasteiger partial charge in [0.15, 0.2) is 0 Å². The molecule has 0 bridgehead atoms. The van der Waals surface area contributed by atoms with E-state index >= 15 is 0 Å². The van der Waals surface area contributed by atoms with Gasteiger partial charge < -0.3 is 10.8 Å². The van der Waals surface area contributed by atoms with Crippen molar-refractivity contribution in [1.29, 1.82) is 0 Å². The Kier molecular flexibility index (Phi) is 2.83. The third kappa shape index (κ3) is 2.01. The van der Waals surface area contributed by atoms with Crippen LogP contribution in [0.15, 0.2) is 42.7 Å². The number of nitrogen functional groups attached to an aromatic ring is 1. The minimum absolute atomic E-state index is 0.240. The van der Waals surface area contributed by atoms with E-state index < -0.39 is 11.9 Å². The Labute approximate surface area is 92.4 Å². The molecule has 0 spiro atoms. The summed E-state index contributed by atoms with van der Waals surface area (Å²) >= 11 is 0. The number of pyridine rings is 1. The maximum Gasteiger partial charge on any atom is 0.125 e. The third-order valence-corrected chi connectivity index (χ3v) is 2.37. The zero-order valence-electron chi connectivity index (χ0n) is 8.47. The second kappa shape index (κ2) is 4.28. The minimum atomic E-state index is -0.858. The monoisotopic (exact) mass is 218 g/mol. The van der Waals surface area contributed by atoms with E-state index in [1.54, 1.807) is 24.5 Å². The average molecular weight is 218 g/mol. The van der Waals surface area contributed by atoms with E-state index in [0.717, 1.165) is 0 Å². The van der Waals surface area contributed by atoms with Crippen molar-refractivity contribution < 1.29 is 9.50 Å². The van der Waals surface area contributed by atoms with Gasteiger partial charge in [0.2, 0.25) is 0 Å². The lowest BCUT2D eigenvalue weighted by atomic mass is 10.0. The molecule has 1 heterocycles. The average Bonchev–Trinajstić information content (AvgIpc) is 2.29. The van der Waals surface area contributed by atoms with E-state index in [-0.39, 0.29) is 5.69 Å². The SMILES string of the molecule is Nc1cc(F)ccc1C(O)c1ccncc1. The molecule has 1 aromatic carbocycles. The topological polar surface area (TPSA) is 59.1 Å². The number of halogens is 1. The molecule has 0 fully saturated rings. The second-order valence-electron chi connectivity index (χ2n) is 3.46. The van der Waals surface area contributed by atoms with Crippen LogP contribution < -0.4 is 5.73 Å². The summed E-state index contributed by atoms with van der Waals surface area (Å²) in [6.07, 6.45) is 2.31. The lowest BCUT2D eigenvalue weighted by molar-refractivity contribution is 0.221. The van der Waals surface area contributed by atoms with E-state index in [1.165, 1.54) is 18.2 Å². The van der Waals surface area contributed by atoms with E-state index in [1.807, 2.05) is 0 Å². The van der Waals surface area contributed by atoms with Gasteiger partial charge in [-0.15, -0.1) is 0 Å². The highest BCUT2D eigenvalue weighted by atomic mass is 19.1. The van der Waals surface area contributed by atoms with Crippen LogP contribution in [0.5, 0.6) is 0 Å². The Hall–Kier alpha value is -1.94. The number of aliphatic hydroxyl groups is 1. The van der Waals surface area contributed by atoms with Crippen molar-refractivity contribution in [2.75, 3.05) is 5.73 Å². The first-order chi connectivity index (χ1) is 7.68. The molecular weight excluding hydrogens is 207 g/mol. The number of rotatable bonds is 2. The van der Waals surface area contributed by atoms with Gasteiger partial charge in [0.25, 0.3) is 0 Å². The maximum atomic E-state index is 12.8. The summed E-state index contributed by atoms with van der Waals surface area (Å²) in [6.45, 7) is 0. The second-order valence-corrected chi connectivity index (χ2v) is 3.46. The van der Waals surface area contributed by atoms with E-state index in [9.17, 15) is 9.50 Å². The maximum absolute atomic E-state index is 12.8. The highest BCUT2D eigenvalue weighted by Gasteiger charge is 2.13. The van der Waals surface area contributed by atoms with E-state index in [4.69, 9.17) is 5.73 Å². The largest absolute Gasteiger partial charge is 0.398 e. The molecule has 0 saturated carbocycles. The summed E-state index contributed by atoms with van der Waals surface area (Å²) in [7, 11) is 0. The number of anilines is 1. The fourth-order valence-corrected chi connectivity index (χ4v) is 1.52. The van der Waals surface area contributed by atoms with Gasteiger partial charge in [-0.3, -0.25) is 4.98 Å². The summed E-state index contributed by atoms with van der Waals surface area (Å²) < 4.78 is 12.8. The van der Waals surface area contributed by atoms with Crippen LogP contribution in [0.2, 0.25) is 0 Å². The molecule has 16 heavy (non-hydrogen) atoms. The smallest absolute Gasteiger partial charge is 0.125 e. The molecule has 3 N–H and O–H groups in total. The Morgan fingerprint density at radius 1 is 1.19 bits per heavy atom. The number of hydrogen-bond acceptors (Lipinski definition) is 3. The number of benzene rings is 1. The summed E-state index contributed by atoms with van der Waals surface area (Å²) in [6, 6.07) is 7.33. The first kappa shape index (κ1) is 10.6. The van der Waals surface area contributed by atoms with Crippen molar-refractivity contribution in [2.45, 2.75) is 6.10 Å². The van der Waals surface area contributed by atoms with Crippen molar-refractivity contribution in [3.63, 3.8) is 0 Å². The van der Waals surface area contributed by atoms with Gasteiger partial charge in [-0.1, -0.05) is 6.07 Å². The molecule has 0 radical (unpaired) electrons. The number of nitrogens with zero attached hydrogens (tertiary/aromatic N) is 1. The number of aliphatic hydroxyl groups excluding tert-OH is 1. The minimum Gasteiger partial charge on any atom is -0.398 e. The van der Waals surface area contributed by atoms with Crippen LogP contribution in [-0.2, 0) is 0 Å². The summed E-state index contributed by atoms with van der Waals surface area (Å²) in [5, 5.41) is 10.0. The van der Waals surface area contributed by atoms with Gasteiger partial charge in [0, 0.05) is 23.6 Å². The fraction of sp³-hybridized carbons (Fsp3) is 0.0833. The van der Waals surface area contributed by atoms with Crippen LogP contribution in [0.25, 0.3) is 0 Å². The fourth-order valence-electron chi connectivity index (χ4n) is 1.52. The molecule has 3 nitrogen and oxygen atoms in total. The van der Waals surface area contributed by atoms with Gasteiger partial charge in [-0.25, -0.2) is 4.39 Å². The first-order valence-corrected chi connectivity index (χ1v) is 4.81. The Morgan fingerprint density at radius 3 is 2.50 bits per heavy atom. The Balaban J connectivity index is 2.38. The van der Waals surface area contributed by atoms with Crippen LogP contribution in [0.3, 0.4) is 0 Å². The molecule has 0 aliphatic rings. The van der Waals surface area contributed by atoms with Gasteiger partial charge in [0.05, 0.1) is 0 Å². The number of nitrogens with two attached hydrogens (primary N) is 1. The normalized spacial score (nSPS) is 12.4. The molecule has 2 aromatic rings. The molecule has 2 rings (SSSR count). The highest BCUT2D eigenvalue weighted by molar-refractivity contribution is 5.50. The standard InChI is InChI=1S/C12H11FN2O/c13-9-1-2-10(11(14)7-9)12(16)8-3-5-15-6-4-8/h1-7,12,16H,14H2. The molecule has 1 atom stereocenters. The Bertz CT molecular complexity index is 488. The molecule has 1 unspecified atom stereocenters. The zero-order chi connectivity index (χ0) is 11.5. The Morgan fingerprint density at radius 2 is 1.88 bits per heavy atom. The van der Waals surface area contributed by atoms with Crippen molar-refractivity contribution in [3.05, 3.63) is 59.7 Å². The summed E-state index contributed by atoms with van der Waals surface area (Å²) in [5.74, 6) is -0.414. The lowest BCUT2D eigenvalue weighted by Crippen LogP contribution is -2.04. The third-order valence-electron chi connectivity index (χ3n) is 2.37. The number of aromatic nitrogens is 1. The molecule has 1 aromatic heterocycles. The molecular formula is C12H11FN2O. The van der Waals surface area contributed by atoms with Crippen LogP contribution in [0.4, 0.5) is 10.1 Å². The summed E-state index contributed by atoms with van der Waals surface area (Å²) in [5.41, 5.74) is 7.05. The molecule has 82 valence electrons. The first-order valence-electron chi connectivity index (χ1n) is 4.81. The molecule has 4 heteroatoms. The molecule has 0 aliphatic carbocycles. The van der Waals surface area contributed by atoms with Gasteiger partial charge in [-0.05, 0) is 29.8 Å². The van der Waals surface area contributed by atoms with Crippen LogP contribution >= 0.6 is 0 Å². The van der Waals surface area contributed by atoms with E-state index in [0.29, 0.717) is 11.1 Å². The molecule has 0 aliphatic heterocycles. The van der Waals surface area contributed by atoms with Crippen molar-refractivity contribution in [1.82, 2.24) is 4.98 Å². The molecule has 0 amide bonds. The molecule has 0 saturated heterocycles. The van der Waals surface area contributed by atoms with Gasteiger partial charge in [-0.2, -0.15) is 0 Å². The van der Waals surface area contributed by atoms with Crippen molar-refractivity contribution in [3.8, 4) is 0 Å². The van der Waals surface area contributed by atoms with Crippen LogP contribution in [0, 0.1) is 5.82 Å². The highest BCUT2D eigenvalue weighted by Crippen LogP contribution is 2.26. The summed E-state index contributed by atoms with van der Waals surface area (Å²) in [4.78, 5) is 3.86. The van der Waals surface area contributed by atoms with Crippen LogP contribution in [-0.4, -0.2) is 10.1 Å². The van der Waals surface area contributed by atoms with Crippen LogP contribution in [0.1, 0.15) is 17.2 Å². The van der Waals surface area contributed by atoms with Gasteiger partial charge in [0.1, 0.15) is 11.9 Å². The zero-order valence-corrected chi connectivity index (χ0v) is 8.47. The van der Waals surface area contributed by atoms with Gasteiger partial charge >= 0.3 is 0 Å². The lowest BCUT2D eigenvalue weighted by Gasteiger charge is -2.13. The van der Waals surface area contributed by atoms with Crippen molar-refractivity contribution >= 4 is 5.69 Å². The number of hydrogen-bond donors (Lipinski definition) is 2. The predicted octanol–water partition coefficient (Wildman–Crippen LogP) is 1.88. The van der Waals surface area contributed by atoms with Crippen molar-refractivity contribution in [2.24, 2.45) is 0 Å². The van der Waals surface area contributed by atoms with E-state index in [2.05, 4.69) is 4.98 Å².